The lowest BCUT2D eigenvalue weighted by molar-refractivity contribution is 0.103. The Morgan fingerprint density at radius 3 is 2.56 bits per heavy atom. The van der Waals surface area contributed by atoms with Gasteiger partial charge in [-0.2, -0.15) is 4.31 Å². The Kier molecular flexibility index (Phi) is 5.48. The summed E-state index contributed by atoms with van der Waals surface area (Å²) in [5.74, 6) is 0.108. The molecule has 1 saturated heterocycles. The van der Waals surface area contributed by atoms with Crippen molar-refractivity contribution >= 4 is 44.6 Å². The largest absolute Gasteiger partial charge is 0.321 e. The molecular weight excluding hydrogens is 380 g/mol. The van der Waals surface area contributed by atoms with Crippen LogP contribution >= 0.6 is 22.9 Å². The van der Waals surface area contributed by atoms with E-state index in [2.05, 4.69) is 12.2 Å². The zero-order valence-corrected chi connectivity index (χ0v) is 16.1. The second-order valence-corrected chi connectivity index (χ2v) is 9.85. The Morgan fingerprint density at radius 2 is 1.96 bits per heavy atom. The molecule has 1 fully saturated rings. The predicted molar refractivity (Wildman–Crippen MR) is 101 cm³/mol. The first-order valence-corrected chi connectivity index (χ1v) is 10.7. The molecule has 0 aliphatic carbocycles. The zero-order chi connectivity index (χ0) is 18.0. The number of nitrogens with zero attached hydrogens (tertiary/aromatic N) is 1. The van der Waals surface area contributed by atoms with Crippen molar-refractivity contribution in [2.45, 2.75) is 24.7 Å². The molecule has 1 aliphatic rings. The van der Waals surface area contributed by atoms with E-state index in [1.165, 1.54) is 23.5 Å². The van der Waals surface area contributed by atoms with E-state index >= 15 is 0 Å². The van der Waals surface area contributed by atoms with Gasteiger partial charge in [-0.05, 0) is 55.2 Å². The Bertz CT molecular complexity index is 862. The first-order valence-electron chi connectivity index (χ1n) is 8.03. The lowest BCUT2D eigenvalue weighted by Crippen LogP contribution is -2.39. The van der Waals surface area contributed by atoms with Crippen LogP contribution < -0.4 is 5.32 Å². The van der Waals surface area contributed by atoms with Crippen molar-refractivity contribution in [3.05, 3.63) is 45.6 Å². The summed E-state index contributed by atoms with van der Waals surface area (Å²) >= 11 is 7.02. The van der Waals surface area contributed by atoms with E-state index in [0.29, 0.717) is 33.9 Å². The van der Waals surface area contributed by atoms with Crippen LogP contribution in [0.3, 0.4) is 0 Å². The second kappa shape index (κ2) is 7.45. The Morgan fingerprint density at radius 1 is 1.24 bits per heavy atom. The fourth-order valence-corrected chi connectivity index (χ4v) is 5.39. The highest BCUT2D eigenvalue weighted by Crippen LogP contribution is 2.25. The van der Waals surface area contributed by atoms with E-state index in [1.54, 1.807) is 28.6 Å². The standard InChI is InChI=1S/C17H19ClN2O3S2/c1-12-3-2-10-20(11-12)25(22,23)14-6-4-13(5-7-14)19-17(21)15-8-9-16(18)24-15/h4-9,12H,2-3,10-11H2,1H3,(H,19,21). The number of sulfonamides is 1. The molecule has 0 saturated carbocycles. The highest BCUT2D eigenvalue weighted by molar-refractivity contribution is 7.89. The lowest BCUT2D eigenvalue weighted by Gasteiger charge is -2.30. The Balaban J connectivity index is 1.72. The maximum atomic E-state index is 12.7. The highest BCUT2D eigenvalue weighted by atomic mass is 35.5. The van der Waals surface area contributed by atoms with Crippen LogP contribution in [0.4, 0.5) is 5.69 Å². The quantitative estimate of drug-likeness (QED) is 0.843. The molecule has 2 heterocycles. The summed E-state index contributed by atoms with van der Waals surface area (Å²) in [4.78, 5) is 12.9. The van der Waals surface area contributed by atoms with Gasteiger partial charge in [-0.1, -0.05) is 18.5 Å². The number of benzene rings is 1. The molecule has 8 heteroatoms. The average Bonchev–Trinajstić information content (AvgIpc) is 3.02. The first-order chi connectivity index (χ1) is 11.9. The van der Waals surface area contributed by atoms with Crippen LogP contribution in [0.5, 0.6) is 0 Å². The molecule has 3 rings (SSSR count). The molecule has 1 N–H and O–H groups in total. The van der Waals surface area contributed by atoms with Gasteiger partial charge in [0.1, 0.15) is 0 Å². The minimum absolute atomic E-state index is 0.249. The number of carbonyl (C=O) groups excluding carboxylic acids is 1. The number of hydrogen-bond donors (Lipinski definition) is 1. The van der Waals surface area contributed by atoms with Gasteiger partial charge < -0.3 is 5.32 Å². The monoisotopic (exact) mass is 398 g/mol. The maximum absolute atomic E-state index is 12.7. The molecule has 0 radical (unpaired) electrons. The van der Waals surface area contributed by atoms with E-state index in [9.17, 15) is 13.2 Å². The third-order valence-corrected chi connectivity index (χ3v) is 7.28. The smallest absolute Gasteiger partial charge is 0.265 e. The average molecular weight is 399 g/mol. The van der Waals surface area contributed by atoms with Gasteiger partial charge in [-0.3, -0.25) is 4.79 Å². The predicted octanol–water partition coefficient (Wildman–Crippen LogP) is 4.07. The number of piperidine rings is 1. The van der Waals surface area contributed by atoms with Crippen molar-refractivity contribution in [1.29, 1.82) is 0 Å². The van der Waals surface area contributed by atoms with Gasteiger partial charge in [0.2, 0.25) is 10.0 Å². The molecule has 1 amide bonds. The fourth-order valence-electron chi connectivity index (χ4n) is 2.85. The van der Waals surface area contributed by atoms with Crippen LogP contribution in [-0.2, 0) is 10.0 Å². The maximum Gasteiger partial charge on any atom is 0.265 e. The van der Waals surface area contributed by atoms with Crippen molar-refractivity contribution in [2.75, 3.05) is 18.4 Å². The lowest BCUT2D eigenvalue weighted by atomic mass is 10.0. The van der Waals surface area contributed by atoms with E-state index in [4.69, 9.17) is 11.6 Å². The van der Waals surface area contributed by atoms with Crippen molar-refractivity contribution < 1.29 is 13.2 Å². The SMILES string of the molecule is CC1CCCN(S(=O)(=O)c2ccc(NC(=O)c3ccc(Cl)s3)cc2)C1. The molecule has 1 aliphatic heterocycles. The third kappa shape index (κ3) is 4.23. The molecule has 25 heavy (non-hydrogen) atoms. The molecule has 2 aromatic rings. The van der Waals surface area contributed by atoms with E-state index in [1.807, 2.05) is 0 Å². The molecule has 5 nitrogen and oxygen atoms in total. The van der Waals surface area contributed by atoms with Crippen molar-refractivity contribution in [1.82, 2.24) is 4.31 Å². The highest BCUT2D eigenvalue weighted by Gasteiger charge is 2.28. The molecule has 1 aromatic carbocycles. The summed E-state index contributed by atoms with van der Waals surface area (Å²) in [6, 6.07) is 9.59. The molecule has 1 atom stereocenters. The Labute approximate surface area is 156 Å². The van der Waals surface area contributed by atoms with Crippen LogP contribution in [0.15, 0.2) is 41.3 Å². The number of hydrogen-bond acceptors (Lipinski definition) is 4. The van der Waals surface area contributed by atoms with Crippen LogP contribution in [0.25, 0.3) is 0 Å². The second-order valence-electron chi connectivity index (χ2n) is 6.19. The van der Waals surface area contributed by atoms with Gasteiger partial charge in [0, 0.05) is 18.8 Å². The van der Waals surface area contributed by atoms with Crippen molar-refractivity contribution in [2.24, 2.45) is 5.92 Å². The number of thiophene rings is 1. The number of amides is 1. The zero-order valence-electron chi connectivity index (χ0n) is 13.7. The van der Waals surface area contributed by atoms with Gasteiger partial charge in [0.15, 0.2) is 0 Å². The summed E-state index contributed by atoms with van der Waals surface area (Å²) in [7, 11) is -3.48. The van der Waals surface area contributed by atoms with E-state index in [0.717, 1.165) is 12.8 Å². The number of nitrogens with one attached hydrogen (secondary N) is 1. The summed E-state index contributed by atoms with van der Waals surface area (Å²) in [6.07, 6.45) is 1.95. The van der Waals surface area contributed by atoms with Crippen LogP contribution in [0, 0.1) is 5.92 Å². The van der Waals surface area contributed by atoms with Crippen molar-refractivity contribution in [3.63, 3.8) is 0 Å². The third-order valence-electron chi connectivity index (χ3n) is 4.17. The molecule has 0 spiro atoms. The van der Waals surface area contributed by atoms with Crippen LogP contribution in [-0.4, -0.2) is 31.7 Å². The fraction of sp³-hybridized carbons (Fsp3) is 0.353. The van der Waals surface area contributed by atoms with Crippen LogP contribution in [0.2, 0.25) is 4.34 Å². The summed E-state index contributed by atoms with van der Waals surface area (Å²) in [6.45, 7) is 3.18. The minimum atomic E-state index is -3.48. The topological polar surface area (TPSA) is 66.5 Å². The van der Waals surface area contributed by atoms with Gasteiger partial charge in [0.25, 0.3) is 5.91 Å². The number of anilines is 1. The number of halogens is 1. The van der Waals surface area contributed by atoms with E-state index < -0.39 is 10.0 Å². The Hall–Kier alpha value is -1.41. The molecular formula is C17H19ClN2O3S2. The summed E-state index contributed by atoms with van der Waals surface area (Å²) < 4.78 is 27.5. The summed E-state index contributed by atoms with van der Waals surface area (Å²) in [5, 5.41) is 2.74. The normalized spacial score (nSPS) is 18.9. The van der Waals surface area contributed by atoms with Gasteiger partial charge in [-0.25, -0.2) is 8.42 Å². The molecule has 0 bridgehead atoms. The summed E-state index contributed by atoms with van der Waals surface area (Å²) in [5.41, 5.74) is 0.542. The van der Waals surface area contributed by atoms with Gasteiger partial charge in [-0.15, -0.1) is 11.3 Å². The van der Waals surface area contributed by atoms with Gasteiger partial charge >= 0.3 is 0 Å². The van der Waals surface area contributed by atoms with Gasteiger partial charge in [0.05, 0.1) is 14.1 Å². The minimum Gasteiger partial charge on any atom is -0.321 e. The first kappa shape index (κ1) is 18.4. The molecule has 1 aromatic heterocycles. The number of carbonyl (C=O) groups is 1. The molecule has 1 unspecified atom stereocenters. The number of rotatable bonds is 4. The van der Waals surface area contributed by atoms with Crippen LogP contribution in [0.1, 0.15) is 29.4 Å². The van der Waals surface area contributed by atoms with Crippen molar-refractivity contribution in [3.8, 4) is 0 Å². The molecule has 134 valence electrons. The van der Waals surface area contributed by atoms with E-state index in [-0.39, 0.29) is 10.8 Å².